The van der Waals surface area contributed by atoms with E-state index in [0.717, 1.165) is 27.7 Å². The fourth-order valence-corrected chi connectivity index (χ4v) is 2.30. The first-order valence-corrected chi connectivity index (χ1v) is 5.98. The van der Waals surface area contributed by atoms with E-state index >= 15 is 0 Å². The lowest BCUT2D eigenvalue weighted by Gasteiger charge is -2.07. The standard InChI is InChI=1S/C15H16N2O2/c1-4-10-5-6-14-12(7-10)11(9(2)17(14)3)8-13(16)15(18)19/h1,5-7,13H,8,16H2,2-3H3,(H,18,19). The highest BCUT2D eigenvalue weighted by Crippen LogP contribution is 2.26. The minimum atomic E-state index is -0.996. The molecule has 3 N–H and O–H groups in total. The number of aromatic nitrogens is 1. The molecule has 0 aliphatic rings. The summed E-state index contributed by atoms with van der Waals surface area (Å²) in [6, 6.07) is 4.83. The Bertz CT molecular complexity index is 692. The molecule has 0 bridgehead atoms. The fourth-order valence-electron chi connectivity index (χ4n) is 2.30. The van der Waals surface area contributed by atoms with Gasteiger partial charge in [0.05, 0.1) is 0 Å². The van der Waals surface area contributed by atoms with Crippen LogP contribution in [0.2, 0.25) is 0 Å². The van der Waals surface area contributed by atoms with Gasteiger partial charge in [0.25, 0.3) is 0 Å². The summed E-state index contributed by atoms with van der Waals surface area (Å²) in [5.74, 6) is 1.60. The van der Waals surface area contributed by atoms with Crippen molar-refractivity contribution in [2.24, 2.45) is 12.8 Å². The van der Waals surface area contributed by atoms with E-state index in [1.807, 2.05) is 36.7 Å². The molecule has 0 radical (unpaired) electrons. The lowest BCUT2D eigenvalue weighted by Crippen LogP contribution is -2.32. The van der Waals surface area contributed by atoms with Crippen LogP contribution in [0.4, 0.5) is 0 Å². The minimum Gasteiger partial charge on any atom is -0.480 e. The molecule has 0 spiro atoms. The van der Waals surface area contributed by atoms with Crippen LogP contribution in [0.15, 0.2) is 18.2 Å². The number of nitrogens with zero attached hydrogens (tertiary/aromatic N) is 1. The molecule has 1 heterocycles. The summed E-state index contributed by atoms with van der Waals surface area (Å²) in [6.07, 6.45) is 5.71. The molecular weight excluding hydrogens is 240 g/mol. The number of carboxylic acid groups (broad SMARTS) is 1. The zero-order valence-corrected chi connectivity index (χ0v) is 11.0. The summed E-state index contributed by atoms with van der Waals surface area (Å²) >= 11 is 0. The normalized spacial score (nSPS) is 12.3. The van der Waals surface area contributed by atoms with Gasteiger partial charge in [0.1, 0.15) is 6.04 Å². The molecule has 1 aromatic heterocycles. The van der Waals surface area contributed by atoms with E-state index < -0.39 is 12.0 Å². The van der Waals surface area contributed by atoms with Gasteiger partial charge in [-0.25, -0.2) is 0 Å². The smallest absolute Gasteiger partial charge is 0.320 e. The first kappa shape index (κ1) is 13.2. The van der Waals surface area contributed by atoms with E-state index in [9.17, 15) is 4.79 Å². The van der Waals surface area contributed by atoms with Gasteiger partial charge in [0, 0.05) is 35.6 Å². The molecule has 1 aromatic carbocycles. The SMILES string of the molecule is C#Cc1ccc2c(c1)c(CC(N)C(=O)O)c(C)n2C. The van der Waals surface area contributed by atoms with Crippen LogP contribution < -0.4 is 5.73 Å². The molecule has 0 fully saturated rings. The largest absolute Gasteiger partial charge is 0.480 e. The number of hydrogen-bond donors (Lipinski definition) is 2. The van der Waals surface area contributed by atoms with Gasteiger partial charge in [-0.1, -0.05) is 5.92 Å². The van der Waals surface area contributed by atoms with Gasteiger partial charge in [0.15, 0.2) is 0 Å². The molecule has 1 atom stereocenters. The maximum Gasteiger partial charge on any atom is 0.320 e. The second kappa shape index (κ2) is 4.79. The highest BCUT2D eigenvalue weighted by molar-refractivity contribution is 5.87. The van der Waals surface area contributed by atoms with Crippen molar-refractivity contribution in [3.05, 3.63) is 35.0 Å². The molecule has 0 amide bonds. The molecule has 2 aromatic rings. The molecule has 2 rings (SSSR count). The number of terminal acetylenes is 1. The van der Waals surface area contributed by atoms with Crippen LogP contribution >= 0.6 is 0 Å². The molecular formula is C15H16N2O2. The minimum absolute atomic E-state index is 0.298. The number of benzene rings is 1. The zero-order chi connectivity index (χ0) is 14.2. The molecule has 1 unspecified atom stereocenters. The summed E-state index contributed by atoms with van der Waals surface area (Å²) in [5, 5.41) is 9.93. The quantitative estimate of drug-likeness (QED) is 0.816. The summed E-state index contributed by atoms with van der Waals surface area (Å²) < 4.78 is 2.03. The maximum absolute atomic E-state index is 10.9. The first-order chi connectivity index (χ1) is 8.95. The zero-order valence-electron chi connectivity index (χ0n) is 11.0. The Labute approximate surface area is 111 Å². The highest BCUT2D eigenvalue weighted by atomic mass is 16.4. The lowest BCUT2D eigenvalue weighted by molar-refractivity contribution is -0.138. The summed E-state index contributed by atoms with van der Waals surface area (Å²) in [7, 11) is 1.95. The molecule has 19 heavy (non-hydrogen) atoms. The van der Waals surface area contributed by atoms with E-state index in [1.165, 1.54) is 0 Å². The Morgan fingerprint density at radius 2 is 2.26 bits per heavy atom. The van der Waals surface area contributed by atoms with Crippen LogP contribution in [0.5, 0.6) is 0 Å². The number of carbonyl (C=O) groups is 1. The predicted octanol–water partition coefficient (Wildman–Crippen LogP) is 1.42. The van der Waals surface area contributed by atoms with Crippen molar-refractivity contribution in [1.82, 2.24) is 4.57 Å². The van der Waals surface area contributed by atoms with Crippen molar-refractivity contribution in [2.75, 3.05) is 0 Å². The Morgan fingerprint density at radius 3 is 2.84 bits per heavy atom. The third-order valence-corrected chi connectivity index (χ3v) is 3.53. The van der Waals surface area contributed by atoms with Gasteiger partial charge in [-0.15, -0.1) is 6.42 Å². The Balaban J connectivity index is 2.62. The average molecular weight is 256 g/mol. The van der Waals surface area contributed by atoms with Crippen molar-refractivity contribution in [1.29, 1.82) is 0 Å². The van der Waals surface area contributed by atoms with E-state index in [1.54, 1.807) is 0 Å². The molecule has 0 saturated carbocycles. The van der Waals surface area contributed by atoms with Crippen molar-refractivity contribution >= 4 is 16.9 Å². The van der Waals surface area contributed by atoms with Crippen LogP contribution in [0.3, 0.4) is 0 Å². The third kappa shape index (κ3) is 2.20. The van der Waals surface area contributed by atoms with E-state index in [2.05, 4.69) is 5.92 Å². The van der Waals surface area contributed by atoms with Crippen LogP contribution in [-0.4, -0.2) is 21.7 Å². The van der Waals surface area contributed by atoms with E-state index in [-0.39, 0.29) is 0 Å². The van der Waals surface area contributed by atoms with Crippen LogP contribution in [0, 0.1) is 19.3 Å². The van der Waals surface area contributed by atoms with Crippen LogP contribution in [-0.2, 0) is 18.3 Å². The molecule has 0 saturated heterocycles. The predicted molar refractivity (Wildman–Crippen MR) is 74.9 cm³/mol. The lowest BCUT2D eigenvalue weighted by atomic mass is 10.0. The number of nitrogens with two attached hydrogens (primary N) is 1. The molecule has 4 heteroatoms. The van der Waals surface area contributed by atoms with Gasteiger partial charge in [-0.05, 0) is 30.7 Å². The summed E-state index contributed by atoms with van der Waals surface area (Å²) in [5.41, 5.74) is 9.41. The number of hydrogen-bond acceptors (Lipinski definition) is 2. The molecule has 0 aliphatic carbocycles. The van der Waals surface area contributed by atoms with Gasteiger partial charge in [-0.3, -0.25) is 4.79 Å². The first-order valence-electron chi connectivity index (χ1n) is 5.98. The maximum atomic E-state index is 10.9. The fraction of sp³-hybridized carbons (Fsp3) is 0.267. The van der Waals surface area contributed by atoms with Crippen LogP contribution in [0.25, 0.3) is 10.9 Å². The summed E-state index contributed by atoms with van der Waals surface area (Å²) in [4.78, 5) is 10.9. The molecule has 98 valence electrons. The van der Waals surface area contributed by atoms with Crippen LogP contribution in [0.1, 0.15) is 16.8 Å². The number of aryl methyl sites for hydroxylation is 1. The molecule has 4 nitrogen and oxygen atoms in total. The number of rotatable bonds is 3. The van der Waals surface area contributed by atoms with E-state index in [0.29, 0.717) is 6.42 Å². The second-order valence-corrected chi connectivity index (χ2v) is 4.65. The Morgan fingerprint density at radius 1 is 1.58 bits per heavy atom. The second-order valence-electron chi connectivity index (χ2n) is 4.65. The van der Waals surface area contributed by atoms with Gasteiger partial charge in [-0.2, -0.15) is 0 Å². The van der Waals surface area contributed by atoms with Crippen molar-refractivity contribution < 1.29 is 9.90 Å². The molecule has 0 aliphatic heterocycles. The topological polar surface area (TPSA) is 68.2 Å². The number of fused-ring (bicyclic) bond motifs is 1. The Kier molecular flexibility index (Phi) is 3.32. The van der Waals surface area contributed by atoms with Crippen molar-refractivity contribution in [3.8, 4) is 12.3 Å². The van der Waals surface area contributed by atoms with E-state index in [4.69, 9.17) is 17.3 Å². The van der Waals surface area contributed by atoms with Gasteiger partial charge < -0.3 is 15.4 Å². The highest BCUT2D eigenvalue weighted by Gasteiger charge is 2.18. The van der Waals surface area contributed by atoms with Gasteiger partial charge >= 0.3 is 5.97 Å². The monoisotopic (exact) mass is 256 g/mol. The van der Waals surface area contributed by atoms with Crippen molar-refractivity contribution in [2.45, 2.75) is 19.4 Å². The number of carboxylic acids is 1. The third-order valence-electron chi connectivity index (χ3n) is 3.53. The average Bonchev–Trinajstić information content (AvgIpc) is 2.63. The summed E-state index contributed by atoms with van der Waals surface area (Å²) in [6.45, 7) is 1.96. The Hall–Kier alpha value is -2.25. The number of aliphatic carboxylic acids is 1. The van der Waals surface area contributed by atoms with Gasteiger partial charge in [0.2, 0.25) is 0 Å². The van der Waals surface area contributed by atoms with Crippen molar-refractivity contribution in [3.63, 3.8) is 0 Å².